The van der Waals surface area contributed by atoms with E-state index in [0.717, 1.165) is 12.8 Å². The highest BCUT2D eigenvalue weighted by Crippen LogP contribution is 2.28. The first kappa shape index (κ1) is 5.03. The number of hydrogen-bond donors (Lipinski definition) is 0. The van der Waals surface area contributed by atoms with Crippen LogP contribution >= 0.6 is 0 Å². The lowest BCUT2D eigenvalue weighted by molar-refractivity contribution is -0.142. The molecule has 0 saturated carbocycles. The first-order valence-electron chi connectivity index (χ1n) is 3.23. The largest absolute Gasteiger partial charge is 0.462 e. The molecular formula is C7H8O2. The second-order valence-corrected chi connectivity index (χ2v) is 2.56. The van der Waals surface area contributed by atoms with Crippen molar-refractivity contribution in [3.05, 3.63) is 12.2 Å². The van der Waals surface area contributed by atoms with E-state index in [0.29, 0.717) is 0 Å². The van der Waals surface area contributed by atoms with Crippen molar-refractivity contribution >= 4 is 5.97 Å². The SMILES string of the molecule is O=C1O[C@@H]2CC=C[C@@H]1C2. The van der Waals surface area contributed by atoms with Gasteiger partial charge in [-0.2, -0.15) is 0 Å². The lowest BCUT2D eigenvalue weighted by Gasteiger charge is -2.06. The van der Waals surface area contributed by atoms with Crippen LogP contribution in [0.15, 0.2) is 12.2 Å². The van der Waals surface area contributed by atoms with Crippen LogP contribution in [0, 0.1) is 5.92 Å². The van der Waals surface area contributed by atoms with Gasteiger partial charge in [0, 0.05) is 12.8 Å². The molecule has 0 amide bonds. The molecule has 0 aromatic carbocycles. The van der Waals surface area contributed by atoms with E-state index in [9.17, 15) is 4.79 Å². The monoisotopic (exact) mass is 124 g/mol. The second-order valence-electron chi connectivity index (χ2n) is 2.56. The quantitative estimate of drug-likeness (QED) is 0.354. The van der Waals surface area contributed by atoms with Crippen molar-refractivity contribution in [2.24, 2.45) is 5.92 Å². The zero-order valence-corrected chi connectivity index (χ0v) is 5.04. The number of carbonyl (C=O) groups excluding carboxylic acids is 1. The summed E-state index contributed by atoms with van der Waals surface area (Å²) in [5.41, 5.74) is 0. The van der Waals surface area contributed by atoms with Gasteiger partial charge in [0.25, 0.3) is 0 Å². The first-order valence-corrected chi connectivity index (χ1v) is 3.23. The topological polar surface area (TPSA) is 26.3 Å². The number of esters is 1. The fourth-order valence-corrected chi connectivity index (χ4v) is 1.38. The summed E-state index contributed by atoms with van der Waals surface area (Å²) < 4.78 is 4.98. The molecule has 0 N–H and O–H groups in total. The number of rotatable bonds is 0. The summed E-state index contributed by atoms with van der Waals surface area (Å²) in [6, 6.07) is 0. The molecule has 1 fully saturated rings. The molecule has 0 unspecified atom stereocenters. The van der Waals surface area contributed by atoms with E-state index in [4.69, 9.17) is 4.74 Å². The summed E-state index contributed by atoms with van der Waals surface area (Å²) in [6.45, 7) is 0. The minimum atomic E-state index is -0.0336. The molecule has 1 aliphatic carbocycles. The highest BCUT2D eigenvalue weighted by Gasteiger charge is 2.34. The van der Waals surface area contributed by atoms with E-state index in [2.05, 4.69) is 0 Å². The Bertz CT molecular complexity index is 172. The molecule has 2 aliphatic rings. The van der Waals surface area contributed by atoms with E-state index in [1.54, 1.807) is 0 Å². The van der Waals surface area contributed by atoms with Gasteiger partial charge in [-0.15, -0.1) is 0 Å². The Morgan fingerprint density at radius 3 is 3.22 bits per heavy atom. The molecule has 2 nitrogen and oxygen atoms in total. The lowest BCUT2D eigenvalue weighted by Crippen LogP contribution is -2.05. The minimum Gasteiger partial charge on any atom is -0.462 e. The maximum atomic E-state index is 10.8. The van der Waals surface area contributed by atoms with Crippen molar-refractivity contribution in [1.82, 2.24) is 0 Å². The molecule has 2 atom stereocenters. The molecule has 0 aromatic rings. The van der Waals surface area contributed by atoms with Crippen molar-refractivity contribution in [3.63, 3.8) is 0 Å². The van der Waals surface area contributed by atoms with Crippen LogP contribution in [-0.2, 0) is 9.53 Å². The summed E-state index contributed by atoms with van der Waals surface area (Å²) in [5, 5.41) is 0. The molecule has 1 aliphatic heterocycles. The average molecular weight is 124 g/mol. The molecular weight excluding hydrogens is 116 g/mol. The Kier molecular flexibility index (Phi) is 0.891. The summed E-state index contributed by atoms with van der Waals surface area (Å²) in [6.07, 6.45) is 6.01. The molecule has 1 saturated heterocycles. The van der Waals surface area contributed by atoms with Crippen LogP contribution in [0.2, 0.25) is 0 Å². The smallest absolute Gasteiger partial charge is 0.313 e. The molecule has 2 rings (SSSR count). The van der Waals surface area contributed by atoms with Crippen LogP contribution in [0.25, 0.3) is 0 Å². The summed E-state index contributed by atoms with van der Waals surface area (Å²) in [4.78, 5) is 10.8. The Balaban J connectivity index is 2.27. The van der Waals surface area contributed by atoms with E-state index in [-0.39, 0.29) is 18.0 Å². The predicted octanol–water partition coefficient (Wildman–Crippen LogP) is 0.878. The molecule has 2 heteroatoms. The van der Waals surface area contributed by atoms with Crippen LogP contribution in [0.1, 0.15) is 12.8 Å². The summed E-state index contributed by atoms with van der Waals surface area (Å²) >= 11 is 0. The highest BCUT2D eigenvalue weighted by atomic mass is 16.5. The van der Waals surface area contributed by atoms with Crippen LogP contribution in [0.3, 0.4) is 0 Å². The zero-order chi connectivity index (χ0) is 6.27. The Labute approximate surface area is 53.5 Å². The third-order valence-electron chi connectivity index (χ3n) is 1.87. The fraction of sp³-hybridized carbons (Fsp3) is 0.571. The molecule has 0 spiro atoms. The van der Waals surface area contributed by atoms with Gasteiger partial charge in [-0.05, 0) is 0 Å². The van der Waals surface area contributed by atoms with Crippen molar-refractivity contribution in [3.8, 4) is 0 Å². The number of ether oxygens (including phenoxy) is 1. The van der Waals surface area contributed by atoms with Crippen LogP contribution in [0.5, 0.6) is 0 Å². The predicted molar refractivity (Wildman–Crippen MR) is 31.7 cm³/mol. The van der Waals surface area contributed by atoms with Gasteiger partial charge in [-0.1, -0.05) is 12.2 Å². The second kappa shape index (κ2) is 1.59. The van der Waals surface area contributed by atoms with Gasteiger partial charge in [-0.3, -0.25) is 4.79 Å². The van der Waals surface area contributed by atoms with E-state index in [1.165, 1.54) is 0 Å². The molecule has 48 valence electrons. The fourth-order valence-electron chi connectivity index (χ4n) is 1.38. The molecule has 1 heterocycles. The van der Waals surface area contributed by atoms with Crippen molar-refractivity contribution < 1.29 is 9.53 Å². The lowest BCUT2D eigenvalue weighted by atomic mass is 9.97. The molecule has 0 radical (unpaired) electrons. The molecule has 2 bridgehead atoms. The number of hydrogen-bond acceptors (Lipinski definition) is 2. The highest BCUT2D eigenvalue weighted by molar-refractivity contribution is 5.77. The third kappa shape index (κ3) is 0.661. The number of carbonyl (C=O) groups is 1. The van der Waals surface area contributed by atoms with Gasteiger partial charge >= 0.3 is 5.97 Å². The van der Waals surface area contributed by atoms with Crippen molar-refractivity contribution in [1.29, 1.82) is 0 Å². The Morgan fingerprint density at radius 1 is 1.67 bits per heavy atom. The molecule has 9 heavy (non-hydrogen) atoms. The van der Waals surface area contributed by atoms with Crippen molar-refractivity contribution in [2.45, 2.75) is 18.9 Å². The van der Waals surface area contributed by atoms with Gasteiger partial charge in [0.05, 0.1) is 5.92 Å². The van der Waals surface area contributed by atoms with Gasteiger partial charge in [0.2, 0.25) is 0 Å². The minimum absolute atomic E-state index is 0.0336. The van der Waals surface area contributed by atoms with Gasteiger partial charge in [0.15, 0.2) is 0 Å². The van der Waals surface area contributed by atoms with Crippen molar-refractivity contribution in [2.75, 3.05) is 0 Å². The van der Waals surface area contributed by atoms with Crippen LogP contribution < -0.4 is 0 Å². The standard InChI is InChI=1S/C7H8O2/c8-7-5-2-1-3-6(4-5)9-7/h1-2,5-6H,3-4H2/t5-,6-/m1/s1. The summed E-state index contributed by atoms with van der Waals surface area (Å²) in [7, 11) is 0. The maximum absolute atomic E-state index is 10.8. The van der Waals surface area contributed by atoms with Crippen LogP contribution in [0.4, 0.5) is 0 Å². The van der Waals surface area contributed by atoms with E-state index < -0.39 is 0 Å². The normalized spacial score (nSPS) is 38.9. The summed E-state index contributed by atoms with van der Waals surface area (Å²) in [5.74, 6) is 0.0532. The zero-order valence-electron chi connectivity index (χ0n) is 5.04. The van der Waals surface area contributed by atoms with Gasteiger partial charge in [0.1, 0.15) is 6.10 Å². The van der Waals surface area contributed by atoms with Gasteiger partial charge in [-0.25, -0.2) is 0 Å². The molecule has 0 aromatic heterocycles. The Hall–Kier alpha value is -0.790. The van der Waals surface area contributed by atoms with Crippen LogP contribution in [-0.4, -0.2) is 12.1 Å². The third-order valence-corrected chi connectivity index (χ3v) is 1.87. The first-order chi connectivity index (χ1) is 4.36. The van der Waals surface area contributed by atoms with E-state index >= 15 is 0 Å². The maximum Gasteiger partial charge on any atom is 0.313 e. The van der Waals surface area contributed by atoms with Gasteiger partial charge < -0.3 is 4.74 Å². The Morgan fingerprint density at radius 2 is 2.56 bits per heavy atom. The average Bonchev–Trinajstić information content (AvgIpc) is 2.09. The van der Waals surface area contributed by atoms with E-state index in [1.807, 2.05) is 12.2 Å². The number of fused-ring (bicyclic) bond motifs is 2.